The molecule has 22 heavy (non-hydrogen) atoms. The molecule has 1 aliphatic heterocycles. The van der Waals surface area contributed by atoms with Crippen LogP contribution in [0.5, 0.6) is 0 Å². The van der Waals surface area contributed by atoms with Crippen molar-refractivity contribution in [3.63, 3.8) is 0 Å². The summed E-state index contributed by atoms with van der Waals surface area (Å²) in [6.07, 6.45) is 5.64. The first-order valence-electron chi connectivity index (χ1n) is 8.44. The highest BCUT2D eigenvalue weighted by atomic mass is 16.5. The molecule has 0 N–H and O–H groups in total. The summed E-state index contributed by atoms with van der Waals surface area (Å²) >= 11 is 0. The lowest BCUT2D eigenvalue weighted by atomic mass is 9.89. The fourth-order valence-electron chi connectivity index (χ4n) is 3.13. The van der Waals surface area contributed by atoms with Gasteiger partial charge in [-0.3, -0.25) is 4.90 Å². The summed E-state index contributed by atoms with van der Waals surface area (Å²) in [6.45, 7) is 5.18. The van der Waals surface area contributed by atoms with Crippen LogP contribution in [0.15, 0.2) is 34.9 Å². The molecule has 2 heterocycles. The molecule has 0 bridgehead atoms. The van der Waals surface area contributed by atoms with Gasteiger partial charge < -0.3 is 4.52 Å². The molecule has 1 saturated heterocycles. The molecule has 3 rings (SSSR count). The highest BCUT2D eigenvalue weighted by Crippen LogP contribution is 2.28. The SMILES string of the molecule is CCCCc1noc(CN2CCC(c3ccccc3)CC2)n1. The predicted octanol–water partition coefficient (Wildman–Crippen LogP) is 3.79. The van der Waals surface area contributed by atoms with Crippen molar-refractivity contribution in [2.75, 3.05) is 13.1 Å². The molecule has 4 heteroatoms. The van der Waals surface area contributed by atoms with Gasteiger partial charge in [-0.15, -0.1) is 0 Å². The zero-order chi connectivity index (χ0) is 15.2. The van der Waals surface area contributed by atoms with E-state index in [9.17, 15) is 0 Å². The third-order valence-electron chi connectivity index (χ3n) is 4.48. The molecule has 1 aromatic heterocycles. The minimum atomic E-state index is 0.695. The largest absolute Gasteiger partial charge is 0.338 e. The zero-order valence-corrected chi connectivity index (χ0v) is 13.4. The Morgan fingerprint density at radius 1 is 1.18 bits per heavy atom. The quantitative estimate of drug-likeness (QED) is 0.814. The third-order valence-corrected chi connectivity index (χ3v) is 4.48. The maximum Gasteiger partial charge on any atom is 0.240 e. The summed E-state index contributed by atoms with van der Waals surface area (Å²) < 4.78 is 5.37. The van der Waals surface area contributed by atoms with E-state index in [-0.39, 0.29) is 0 Å². The first-order chi connectivity index (χ1) is 10.8. The molecule has 2 aromatic rings. The van der Waals surface area contributed by atoms with E-state index in [0.29, 0.717) is 5.92 Å². The minimum Gasteiger partial charge on any atom is -0.338 e. The van der Waals surface area contributed by atoms with Crippen LogP contribution in [-0.4, -0.2) is 28.1 Å². The van der Waals surface area contributed by atoms with Crippen molar-refractivity contribution < 1.29 is 4.52 Å². The normalized spacial score (nSPS) is 17.0. The van der Waals surface area contributed by atoms with E-state index < -0.39 is 0 Å². The summed E-state index contributed by atoms with van der Waals surface area (Å²) in [4.78, 5) is 6.93. The average Bonchev–Trinajstić information content (AvgIpc) is 3.02. The molecule has 118 valence electrons. The van der Waals surface area contributed by atoms with E-state index in [1.54, 1.807) is 0 Å². The van der Waals surface area contributed by atoms with Crippen molar-refractivity contribution in [2.45, 2.75) is 51.5 Å². The lowest BCUT2D eigenvalue weighted by Gasteiger charge is -2.31. The summed E-state index contributed by atoms with van der Waals surface area (Å²) in [6, 6.07) is 10.9. The van der Waals surface area contributed by atoms with E-state index in [1.165, 1.54) is 18.4 Å². The molecule has 1 aromatic carbocycles. The molecule has 0 saturated carbocycles. The second-order valence-corrected chi connectivity index (χ2v) is 6.17. The van der Waals surface area contributed by atoms with Crippen LogP contribution < -0.4 is 0 Å². The second-order valence-electron chi connectivity index (χ2n) is 6.17. The lowest BCUT2D eigenvalue weighted by molar-refractivity contribution is 0.181. The van der Waals surface area contributed by atoms with Crippen LogP contribution in [0.2, 0.25) is 0 Å². The van der Waals surface area contributed by atoms with Crippen LogP contribution >= 0.6 is 0 Å². The van der Waals surface area contributed by atoms with Gasteiger partial charge in [0.05, 0.1) is 6.54 Å². The minimum absolute atomic E-state index is 0.695. The smallest absolute Gasteiger partial charge is 0.240 e. The molecular weight excluding hydrogens is 274 g/mol. The van der Waals surface area contributed by atoms with E-state index in [2.05, 4.69) is 52.3 Å². The molecule has 1 aliphatic rings. The van der Waals surface area contributed by atoms with E-state index in [1.807, 2.05) is 0 Å². The number of aryl methyl sites for hydroxylation is 1. The number of benzene rings is 1. The van der Waals surface area contributed by atoms with Gasteiger partial charge in [0.15, 0.2) is 5.82 Å². The van der Waals surface area contributed by atoms with E-state index >= 15 is 0 Å². The monoisotopic (exact) mass is 299 g/mol. The number of rotatable bonds is 6. The highest BCUT2D eigenvalue weighted by Gasteiger charge is 2.21. The van der Waals surface area contributed by atoms with Crippen molar-refractivity contribution in [2.24, 2.45) is 0 Å². The summed E-state index contributed by atoms with van der Waals surface area (Å²) in [5.74, 6) is 2.32. The maximum absolute atomic E-state index is 5.37. The Kier molecular flexibility index (Phi) is 5.22. The molecule has 0 aliphatic carbocycles. The van der Waals surface area contributed by atoms with Gasteiger partial charge in [0.1, 0.15) is 0 Å². The van der Waals surface area contributed by atoms with Crippen molar-refractivity contribution in [3.05, 3.63) is 47.6 Å². The Labute approximate surface area is 132 Å². The van der Waals surface area contributed by atoms with Gasteiger partial charge in [-0.1, -0.05) is 48.8 Å². The third kappa shape index (κ3) is 3.95. The number of hydrogen-bond donors (Lipinski definition) is 0. The van der Waals surface area contributed by atoms with Crippen LogP contribution in [0.3, 0.4) is 0 Å². The number of piperidine rings is 1. The average molecular weight is 299 g/mol. The highest BCUT2D eigenvalue weighted by molar-refractivity contribution is 5.20. The summed E-state index contributed by atoms with van der Waals surface area (Å²) in [5, 5.41) is 4.07. The fourth-order valence-corrected chi connectivity index (χ4v) is 3.13. The summed E-state index contributed by atoms with van der Waals surface area (Å²) in [7, 11) is 0. The van der Waals surface area contributed by atoms with Gasteiger partial charge in [0.2, 0.25) is 5.89 Å². The number of unbranched alkanes of at least 4 members (excludes halogenated alkanes) is 1. The molecule has 0 radical (unpaired) electrons. The van der Waals surface area contributed by atoms with Gasteiger partial charge in [0, 0.05) is 6.42 Å². The van der Waals surface area contributed by atoms with Crippen LogP contribution in [0.4, 0.5) is 0 Å². The predicted molar refractivity (Wildman–Crippen MR) is 86.6 cm³/mol. The topological polar surface area (TPSA) is 42.2 Å². The molecule has 4 nitrogen and oxygen atoms in total. The number of aromatic nitrogens is 2. The Hall–Kier alpha value is -1.68. The van der Waals surface area contributed by atoms with Crippen LogP contribution in [0.25, 0.3) is 0 Å². The van der Waals surface area contributed by atoms with Gasteiger partial charge in [0.25, 0.3) is 0 Å². The number of likely N-dealkylation sites (tertiary alicyclic amines) is 1. The number of nitrogens with zero attached hydrogens (tertiary/aromatic N) is 3. The lowest BCUT2D eigenvalue weighted by Crippen LogP contribution is -2.32. The molecule has 0 spiro atoms. The van der Waals surface area contributed by atoms with Crippen molar-refractivity contribution in [1.82, 2.24) is 15.0 Å². The Balaban J connectivity index is 1.48. The molecule has 0 unspecified atom stereocenters. The van der Waals surface area contributed by atoms with E-state index in [0.717, 1.165) is 50.6 Å². The van der Waals surface area contributed by atoms with Crippen molar-refractivity contribution in [1.29, 1.82) is 0 Å². The first kappa shape index (κ1) is 15.2. The van der Waals surface area contributed by atoms with Crippen LogP contribution in [0, 0.1) is 0 Å². The van der Waals surface area contributed by atoms with Crippen LogP contribution in [-0.2, 0) is 13.0 Å². The van der Waals surface area contributed by atoms with E-state index in [4.69, 9.17) is 4.52 Å². The van der Waals surface area contributed by atoms with Crippen molar-refractivity contribution in [3.8, 4) is 0 Å². The first-order valence-corrected chi connectivity index (χ1v) is 8.44. The zero-order valence-electron chi connectivity index (χ0n) is 13.4. The van der Waals surface area contributed by atoms with Crippen molar-refractivity contribution >= 4 is 0 Å². The van der Waals surface area contributed by atoms with Gasteiger partial charge in [-0.05, 0) is 43.8 Å². The Bertz CT molecular complexity index is 559. The molecule has 1 fully saturated rings. The Morgan fingerprint density at radius 2 is 1.95 bits per heavy atom. The van der Waals surface area contributed by atoms with Gasteiger partial charge >= 0.3 is 0 Å². The molecular formula is C18H25N3O. The van der Waals surface area contributed by atoms with Gasteiger partial charge in [-0.2, -0.15) is 4.98 Å². The molecule has 0 amide bonds. The summed E-state index contributed by atoms with van der Waals surface area (Å²) in [5.41, 5.74) is 1.47. The van der Waals surface area contributed by atoms with Gasteiger partial charge in [-0.25, -0.2) is 0 Å². The molecule has 0 atom stereocenters. The fraction of sp³-hybridized carbons (Fsp3) is 0.556. The maximum atomic E-state index is 5.37. The number of hydrogen-bond acceptors (Lipinski definition) is 4. The Morgan fingerprint density at radius 3 is 2.68 bits per heavy atom. The van der Waals surface area contributed by atoms with Crippen LogP contribution in [0.1, 0.15) is 55.8 Å². The standard InChI is InChI=1S/C18H25N3O/c1-2-3-9-17-19-18(22-20-17)14-21-12-10-16(11-13-21)15-7-5-4-6-8-15/h4-8,16H,2-3,9-14H2,1H3. The second kappa shape index (κ2) is 7.54.